The molecular weight excluding hydrogens is 330 g/mol. The number of hydrogen-bond acceptors (Lipinski definition) is 5. The van der Waals surface area contributed by atoms with Gasteiger partial charge in [0.05, 0.1) is 7.11 Å². The summed E-state index contributed by atoms with van der Waals surface area (Å²) in [4.78, 5) is 14.0. The lowest BCUT2D eigenvalue weighted by atomic mass is 9.87. The highest BCUT2D eigenvalue weighted by Gasteiger charge is 2.20. The Hall–Kier alpha value is -2.53. The number of hydrogen-bond donors (Lipinski definition) is 1. The van der Waals surface area contributed by atoms with E-state index < -0.39 is 0 Å². The highest BCUT2D eigenvalue weighted by Crippen LogP contribution is 2.36. The fourth-order valence-corrected chi connectivity index (χ4v) is 2.80. The summed E-state index contributed by atoms with van der Waals surface area (Å²) in [6.45, 7) is 1.08. The molecule has 1 N–H and O–H groups in total. The van der Waals surface area contributed by atoms with E-state index >= 15 is 0 Å². The van der Waals surface area contributed by atoms with E-state index in [0.717, 1.165) is 11.1 Å². The summed E-state index contributed by atoms with van der Waals surface area (Å²) in [5.41, 5.74) is 1.79. The molecule has 140 valence electrons. The average molecular weight is 357 g/mol. The first kappa shape index (κ1) is 19.8. The van der Waals surface area contributed by atoms with E-state index in [2.05, 4.69) is 0 Å². The zero-order valence-corrected chi connectivity index (χ0v) is 15.6. The van der Waals surface area contributed by atoms with Crippen LogP contribution in [0.3, 0.4) is 0 Å². The molecule has 2 rings (SSSR count). The smallest absolute Gasteiger partial charge is 0.305 e. The van der Waals surface area contributed by atoms with E-state index in [1.54, 1.807) is 19.2 Å². The lowest BCUT2D eigenvalue weighted by Crippen LogP contribution is -2.20. The van der Waals surface area contributed by atoms with Crippen LogP contribution in [0.25, 0.3) is 0 Å². The molecule has 2 aromatic rings. The van der Waals surface area contributed by atoms with E-state index in [9.17, 15) is 9.90 Å². The van der Waals surface area contributed by atoms with Gasteiger partial charge in [-0.15, -0.1) is 0 Å². The van der Waals surface area contributed by atoms with Crippen LogP contribution in [0.15, 0.2) is 48.5 Å². The summed E-state index contributed by atoms with van der Waals surface area (Å²) in [6, 6.07) is 15.0. The van der Waals surface area contributed by atoms with Crippen molar-refractivity contribution in [2.24, 2.45) is 0 Å². The van der Waals surface area contributed by atoms with Crippen molar-refractivity contribution in [1.29, 1.82) is 0 Å². The van der Waals surface area contributed by atoms with Crippen molar-refractivity contribution in [3.8, 4) is 11.5 Å². The Labute approximate surface area is 155 Å². The topological polar surface area (TPSA) is 59.0 Å². The summed E-state index contributed by atoms with van der Waals surface area (Å²) in [5.74, 6) is 0.524. The van der Waals surface area contributed by atoms with E-state index in [1.807, 2.05) is 55.4 Å². The minimum atomic E-state index is -0.227. The molecule has 1 unspecified atom stereocenters. The Morgan fingerprint density at radius 3 is 2.54 bits per heavy atom. The lowest BCUT2D eigenvalue weighted by Gasteiger charge is -2.20. The predicted octanol–water partition coefficient (Wildman–Crippen LogP) is 3.42. The minimum absolute atomic E-state index is 0.118. The number of aromatic hydroxyl groups is 1. The molecule has 5 heteroatoms. The number of nitrogens with zero attached hydrogens (tertiary/aromatic N) is 1. The van der Waals surface area contributed by atoms with Gasteiger partial charge in [0.25, 0.3) is 0 Å². The number of likely N-dealkylation sites (N-methyl/N-ethyl adjacent to an activating group) is 1. The summed E-state index contributed by atoms with van der Waals surface area (Å²) in [5, 5.41) is 10.4. The van der Waals surface area contributed by atoms with Gasteiger partial charge in [0.1, 0.15) is 18.1 Å². The van der Waals surface area contributed by atoms with Crippen molar-refractivity contribution in [3.63, 3.8) is 0 Å². The van der Waals surface area contributed by atoms with Crippen LogP contribution in [0.5, 0.6) is 11.5 Å². The monoisotopic (exact) mass is 357 g/mol. The van der Waals surface area contributed by atoms with Crippen LogP contribution in [-0.4, -0.2) is 50.3 Å². The molecule has 0 aromatic heterocycles. The van der Waals surface area contributed by atoms with Gasteiger partial charge in [0.2, 0.25) is 0 Å². The van der Waals surface area contributed by atoms with Gasteiger partial charge >= 0.3 is 5.97 Å². The fourth-order valence-electron chi connectivity index (χ4n) is 2.80. The molecule has 0 fully saturated rings. The van der Waals surface area contributed by atoms with Crippen molar-refractivity contribution in [2.75, 3.05) is 34.4 Å². The van der Waals surface area contributed by atoms with Gasteiger partial charge in [-0.2, -0.15) is 0 Å². The molecule has 0 radical (unpaired) electrons. The van der Waals surface area contributed by atoms with E-state index in [1.165, 1.54) is 0 Å². The van der Waals surface area contributed by atoms with Crippen LogP contribution < -0.4 is 4.74 Å². The Morgan fingerprint density at radius 1 is 1.15 bits per heavy atom. The molecule has 1 atom stereocenters. The van der Waals surface area contributed by atoms with Crippen LogP contribution in [-0.2, 0) is 9.53 Å². The number of esters is 1. The summed E-state index contributed by atoms with van der Waals surface area (Å²) < 4.78 is 10.6. The number of phenols is 1. The average Bonchev–Trinajstić information content (AvgIpc) is 2.64. The third-order valence-electron chi connectivity index (χ3n) is 4.25. The number of carbonyl (C=O) groups excluding carboxylic acids is 1. The standard InChI is InChI=1S/C21H27NO4/c1-22(2)13-14-26-21(24)12-10-18(16-7-5-4-6-8-16)19-15-17(25-3)9-11-20(19)23/h4-9,11,15,18,23H,10,12-14H2,1-3H3. The van der Waals surface area contributed by atoms with Crippen molar-refractivity contribution in [2.45, 2.75) is 18.8 Å². The molecule has 0 amide bonds. The van der Waals surface area contributed by atoms with Gasteiger partial charge < -0.3 is 19.5 Å². The lowest BCUT2D eigenvalue weighted by molar-refractivity contribution is -0.144. The first-order valence-corrected chi connectivity index (χ1v) is 8.73. The first-order valence-electron chi connectivity index (χ1n) is 8.73. The maximum atomic E-state index is 12.1. The van der Waals surface area contributed by atoms with Crippen LogP contribution >= 0.6 is 0 Å². The maximum Gasteiger partial charge on any atom is 0.305 e. The number of methoxy groups -OCH3 is 1. The zero-order valence-electron chi connectivity index (χ0n) is 15.6. The maximum absolute atomic E-state index is 12.1. The third kappa shape index (κ3) is 5.77. The van der Waals surface area contributed by atoms with Crippen LogP contribution in [0, 0.1) is 0 Å². The first-order chi connectivity index (χ1) is 12.5. The molecule has 0 aliphatic rings. The van der Waals surface area contributed by atoms with Crippen LogP contribution in [0.1, 0.15) is 29.9 Å². The molecule has 0 aliphatic carbocycles. The Morgan fingerprint density at radius 2 is 1.88 bits per heavy atom. The summed E-state index contributed by atoms with van der Waals surface area (Å²) in [6.07, 6.45) is 0.829. The van der Waals surface area contributed by atoms with Gasteiger partial charge in [-0.1, -0.05) is 30.3 Å². The van der Waals surface area contributed by atoms with Gasteiger partial charge in [-0.3, -0.25) is 4.79 Å². The van der Waals surface area contributed by atoms with Gasteiger partial charge in [0.15, 0.2) is 0 Å². The number of carbonyl (C=O) groups is 1. The number of rotatable bonds is 9. The summed E-state index contributed by atoms with van der Waals surface area (Å²) in [7, 11) is 5.46. The third-order valence-corrected chi connectivity index (χ3v) is 4.25. The fraction of sp³-hybridized carbons (Fsp3) is 0.381. The molecule has 0 saturated heterocycles. The van der Waals surface area contributed by atoms with Crippen molar-refractivity contribution < 1.29 is 19.4 Å². The van der Waals surface area contributed by atoms with Crippen LogP contribution in [0.2, 0.25) is 0 Å². The predicted molar refractivity (Wildman–Crippen MR) is 102 cm³/mol. The number of ether oxygens (including phenoxy) is 2. The Kier molecular flexibility index (Phi) is 7.48. The molecule has 2 aromatic carbocycles. The highest BCUT2D eigenvalue weighted by atomic mass is 16.5. The molecule has 5 nitrogen and oxygen atoms in total. The molecule has 0 aliphatic heterocycles. The largest absolute Gasteiger partial charge is 0.508 e. The minimum Gasteiger partial charge on any atom is -0.508 e. The quantitative estimate of drug-likeness (QED) is 0.697. The Bertz CT molecular complexity index is 700. The van der Waals surface area contributed by atoms with Gasteiger partial charge in [-0.05, 0) is 44.3 Å². The number of benzene rings is 2. The van der Waals surface area contributed by atoms with E-state index in [-0.39, 0.29) is 24.1 Å². The van der Waals surface area contributed by atoms with Gasteiger partial charge in [0, 0.05) is 24.4 Å². The Balaban J connectivity index is 2.14. The SMILES string of the molecule is COc1ccc(O)c(C(CCC(=O)OCCN(C)C)c2ccccc2)c1. The van der Waals surface area contributed by atoms with Gasteiger partial charge in [-0.25, -0.2) is 0 Å². The second-order valence-corrected chi connectivity index (χ2v) is 6.45. The zero-order chi connectivity index (χ0) is 18.9. The van der Waals surface area contributed by atoms with Crippen molar-refractivity contribution >= 4 is 5.97 Å². The second-order valence-electron chi connectivity index (χ2n) is 6.45. The number of phenolic OH excluding ortho intramolecular Hbond substituents is 1. The molecule has 0 saturated carbocycles. The normalized spacial score (nSPS) is 12.0. The second kappa shape index (κ2) is 9.82. The molecule has 0 bridgehead atoms. The van der Waals surface area contributed by atoms with E-state index in [4.69, 9.17) is 9.47 Å². The molecule has 26 heavy (non-hydrogen) atoms. The van der Waals surface area contributed by atoms with Crippen molar-refractivity contribution in [3.05, 3.63) is 59.7 Å². The molecular formula is C21H27NO4. The van der Waals surface area contributed by atoms with Crippen molar-refractivity contribution in [1.82, 2.24) is 4.90 Å². The highest BCUT2D eigenvalue weighted by molar-refractivity contribution is 5.69. The molecule has 0 heterocycles. The van der Waals surface area contributed by atoms with Crippen LogP contribution in [0.4, 0.5) is 0 Å². The molecule has 0 spiro atoms. The van der Waals surface area contributed by atoms with E-state index in [0.29, 0.717) is 25.3 Å². The summed E-state index contributed by atoms with van der Waals surface area (Å²) >= 11 is 0.